The Morgan fingerprint density at radius 2 is 1.25 bits per heavy atom. The van der Waals surface area contributed by atoms with E-state index in [-0.39, 0.29) is 150 Å². The van der Waals surface area contributed by atoms with Crippen LogP contribution in [0.15, 0.2) is 107 Å². The van der Waals surface area contributed by atoms with E-state index < -0.39 is 45.6 Å². The normalized spacial score (nSPS) is 18.3. The molecule has 4 aromatic carbocycles. The van der Waals surface area contributed by atoms with Crippen molar-refractivity contribution in [3.8, 4) is 23.0 Å². The number of carbonyl (C=O) groups is 4. The highest BCUT2D eigenvalue weighted by atomic mass is 35.5. The van der Waals surface area contributed by atoms with E-state index in [2.05, 4.69) is 46.0 Å². The van der Waals surface area contributed by atoms with Crippen LogP contribution in [0.1, 0.15) is 109 Å². The lowest BCUT2D eigenvalue weighted by Crippen LogP contribution is -2.60. The summed E-state index contributed by atoms with van der Waals surface area (Å²) in [5.41, 5.74) is 5.41. The van der Waals surface area contributed by atoms with Crippen LogP contribution < -0.4 is 40.9 Å². The molecule has 2 aliphatic carbocycles. The summed E-state index contributed by atoms with van der Waals surface area (Å²) < 4.78 is 57.6. The topological polar surface area (TPSA) is 251 Å². The van der Waals surface area contributed by atoms with Crippen LogP contribution in [0.25, 0.3) is 0 Å². The molecular weight excluding hydrogens is 1350 g/mol. The molecule has 0 bridgehead atoms. The summed E-state index contributed by atoms with van der Waals surface area (Å²) in [6.07, 6.45) is 5.37. The molecule has 18 nitrogen and oxygen atoms in total. The fourth-order valence-electron chi connectivity index (χ4n) is 10.8. The number of nitrogens with zero attached hydrogens (tertiary/aromatic N) is 2. The van der Waals surface area contributed by atoms with Gasteiger partial charge in [-0.3, -0.25) is 24.0 Å². The maximum atomic E-state index is 14.8. The van der Waals surface area contributed by atoms with Gasteiger partial charge < -0.3 is 59.4 Å². The summed E-state index contributed by atoms with van der Waals surface area (Å²) in [4.78, 5) is 83.0. The largest absolute Gasteiger partial charge is 0.495 e. The van der Waals surface area contributed by atoms with E-state index in [1.54, 1.807) is 47.7 Å². The summed E-state index contributed by atoms with van der Waals surface area (Å²) in [6, 6.07) is 24.2. The number of amides is 1. The fourth-order valence-corrected chi connectivity index (χ4v) is 27.5. The number of ether oxygens (including phenoxy) is 5. The number of hydrogen-bond acceptors (Lipinski definition) is 15. The number of pyridine rings is 2. The summed E-state index contributed by atoms with van der Waals surface area (Å²) in [5.74, 6) is -3.21. The van der Waals surface area contributed by atoms with E-state index >= 15 is 0 Å². The predicted octanol–water partition coefficient (Wildman–Crippen LogP) is 11.9. The average molecular weight is 1430 g/mol. The number of H-pyrrole nitrogens is 1. The van der Waals surface area contributed by atoms with Gasteiger partial charge in [0.25, 0.3) is 5.91 Å². The van der Waals surface area contributed by atoms with E-state index in [9.17, 15) is 42.7 Å². The molecule has 9 rings (SSSR count). The van der Waals surface area contributed by atoms with Crippen LogP contribution in [0.4, 0.5) is 8.78 Å². The first kappa shape index (κ1) is 75.6. The van der Waals surface area contributed by atoms with Crippen LogP contribution in [0, 0.1) is 23.5 Å². The number of fused-ring (bicyclic) bond motifs is 2. The maximum absolute atomic E-state index is 14.8. The third-order valence-electron chi connectivity index (χ3n) is 15.4. The summed E-state index contributed by atoms with van der Waals surface area (Å²) >= 11 is 12.0. The number of methoxy groups -OCH3 is 2. The number of aliphatic hydroxyl groups excluding tert-OH is 2. The quantitative estimate of drug-likeness (QED) is 0.0215. The zero-order chi connectivity index (χ0) is 66.7. The molecule has 2 aromatic heterocycles. The molecule has 6 atom stereocenters. The number of halogens is 4. The van der Waals surface area contributed by atoms with Gasteiger partial charge in [0.05, 0.1) is 37.5 Å². The highest BCUT2D eigenvalue weighted by Gasteiger charge is 2.52. The molecule has 6 unspecified atom stereocenters. The van der Waals surface area contributed by atoms with E-state index in [1.165, 1.54) is 44.7 Å². The minimum atomic E-state index is -0.781. The molecule has 6 aromatic rings. The van der Waals surface area contributed by atoms with Crippen LogP contribution in [0.5, 0.6) is 23.0 Å². The number of nitrogens with two attached hydrogens (primary N) is 1. The number of benzene rings is 4. The lowest BCUT2D eigenvalue weighted by molar-refractivity contribution is -0.0105. The smallest absolute Gasteiger partial charge is 0.358 e. The average Bonchev–Trinajstić information content (AvgIpc) is 0.715. The molecule has 29 heteroatoms. The highest BCUT2D eigenvalue weighted by molar-refractivity contribution is 8.98. The number of rotatable bonds is 24. The van der Waals surface area contributed by atoms with Gasteiger partial charge in [0.15, 0.2) is 34.5 Å². The number of esters is 1. The second kappa shape index (κ2) is 35.9. The Labute approximate surface area is 551 Å². The zero-order valence-electron chi connectivity index (χ0n) is 51.1. The summed E-state index contributed by atoms with van der Waals surface area (Å²) in [5, 5.41) is 21.1. The van der Waals surface area contributed by atoms with Gasteiger partial charge in [0.2, 0.25) is 10.9 Å². The number of nitrogens with one attached hydrogen (secondary N) is 2. The molecule has 6 N–H and O–H groups in total. The molecular formula is C62H78Cl2F2N5O13P7. The van der Waals surface area contributed by atoms with E-state index in [0.29, 0.717) is 31.9 Å². The number of carbonyl (C=O) groups excluding carboxylic acids is 4. The first-order valence-electron chi connectivity index (χ1n) is 28.8. The van der Waals surface area contributed by atoms with E-state index in [4.69, 9.17) is 57.7 Å². The Hall–Kier alpha value is -4.45. The molecule has 3 aliphatic rings. The van der Waals surface area contributed by atoms with Crippen LogP contribution in [-0.4, -0.2) is 115 Å². The van der Waals surface area contributed by atoms with Crippen LogP contribution >= 0.6 is 80.8 Å². The number of hydrogen-bond donors (Lipinski definition) is 5. The van der Waals surface area contributed by atoms with Gasteiger partial charge in [-0.1, -0.05) is 104 Å². The number of aromatic nitrogens is 2. The summed E-state index contributed by atoms with van der Waals surface area (Å²) in [6.45, 7) is 3.74. The van der Waals surface area contributed by atoms with Gasteiger partial charge in [0.1, 0.15) is 46.4 Å². The SMILES string of the molecule is CCOC(=O)c1[nH]cc(C(=O)CCc2ccc(OC)c(Cl)c2F)c(=O)c1OCc1ccccc1.CNCC1(N)CC(CO)C1.COc1ccc(CCC(=O)c2cn3c(c(OCc4ccccc4)c2=O)C(=O)N(C)CC32CC(CO)C2)c(F)c1Cl.PPP(P)P(P)P. The number of Topliss-reactive ketones (excluding diaryl/α,β-unsaturated/α-hetero) is 2. The van der Waals surface area contributed by atoms with Gasteiger partial charge in [-0.25, -0.2) is 13.6 Å². The first-order chi connectivity index (χ1) is 43.4. The minimum Gasteiger partial charge on any atom is -0.495 e. The lowest BCUT2D eigenvalue weighted by Gasteiger charge is -2.53. The van der Waals surface area contributed by atoms with Crippen molar-refractivity contribution in [1.82, 2.24) is 19.8 Å². The Balaban J connectivity index is 0.000000232. The zero-order valence-corrected chi connectivity index (χ0v) is 60.0. The van der Waals surface area contributed by atoms with Crippen molar-refractivity contribution in [3.63, 3.8) is 0 Å². The second-order valence-electron chi connectivity index (χ2n) is 21.9. The molecule has 2 fully saturated rings. The van der Waals surface area contributed by atoms with Crippen molar-refractivity contribution in [1.29, 1.82) is 0 Å². The lowest BCUT2D eigenvalue weighted by atomic mass is 9.67. The number of likely N-dealkylation sites (N-methyl/N-ethyl adjacent to an activating group) is 2. The van der Waals surface area contributed by atoms with Crippen molar-refractivity contribution in [3.05, 3.63) is 184 Å². The third-order valence-corrected chi connectivity index (χ3v) is 46.6. The third kappa shape index (κ3) is 19.6. The van der Waals surface area contributed by atoms with Gasteiger partial charge >= 0.3 is 5.97 Å². The summed E-state index contributed by atoms with van der Waals surface area (Å²) in [7, 11) is 18.7. The van der Waals surface area contributed by atoms with E-state index in [1.807, 2.05) is 43.4 Å². The maximum Gasteiger partial charge on any atom is 0.358 e. The molecule has 3 heterocycles. The second-order valence-corrected chi connectivity index (χ2v) is 44.9. The predicted molar refractivity (Wildman–Crippen MR) is 373 cm³/mol. The van der Waals surface area contributed by atoms with Crippen molar-refractivity contribution in [2.75, 3.05) is 61.2 Å². The monoisotopic (exact) mass is 1430 g/mol. The van der Waals surface area contributed by atoms with Crippen LogP contribution in [0.2, 0.25) is 10.0 Å². The molecule has 0 radical (unpaired) electrons. The molecule has 0 saturated heterocycles. The van der Waals surface area contributed by atoms with Crippen LogP contribution in [-0.2, 0) is 36.3 Å². The molecule has 1 spiro atoms. The standard InChI is InChI=1S/C30H30ClFN2O6.C25H23ClFNO6.C7H16N2O.H9P7/c1-33-17-30(12-19(13-30)15-35)34-14-21(22(36)10-8-20-9-11-23(39-2)24(31)25(20)32)27(37)28(26(34)29(33)38)40-16-18-6-4-3-5-7-18;1-3-33-25(31)22-24(34-14-15-7-5-4-6-8-15)23(30)17(13-28-22)18(29)11-9-16-10-12-19(32-2)20(26)21(16)27;1-9-5-7(8)2-6(3-7)4-10;1-5-7(4)6(2)3/h3-7,9,11,14,19,35H,8,10,12-13,15-17H2,1-2H3;4-8,10,12-13H,3,9,11,14H2,1-2H3,(H,28,30);6,9-10H,2-5,8H2,1H3;5H,1-4H2. The molecule has 91 heavy (non-hydrogen) atoms. The Morgan fingerprint density at radius 1 is 0.769 bits per heavy atom. The van der Waals surface area contributed by atoms with Crippen LogP contribution in [0.3, 0.4) is 0 Å². The molecule has 1 amide bonds. The van der Waals surface area contributed by atoms with Crippen molar-refractivity contribution >= 4 is 104 Å². The van der Waals surface area contributed by atoms with E-state index in [0.717, 1.165) is 44.7 Å². The Kier molecular flexibility index (Phi) is 29.8. The van der Waals surface area contributed by atoms with Gasteiger partial charge in [0, 0.05) is 64.1 Å². The molecule has 2 saturated carbocycles. The number of aromatic amines is 1. The van der Waals surface area contributed by atoms with Crippen molar-refractivity contribution < 1.29 is 61.9 Å². The Bertz CT molecular complexity index is 3610. The van der Waals surface area contributed by atoms with Gasteiger partial charge in [-0.15, -0.1) is 35.7 Å². The fraction of sp³-hybridized carbons (Fsp3) is 0.387. The number of aryl methyl sites for hydroxylation is 2. The van der Waals surface area contributed by atoms with Crippen molar-refractivity contribution in [2.45, 2.75) is 82.6 Å². The minimum absolute atomic E-state index is 0.00350. The first-order valence-corrected chi connectivity index (χ1v) is 41.4. The molecule has 1 aliphatic heterocycles. The Morgan fingerprint density at radius 3 is 1.70 bits per heavy atom. The highest BCUT2D eigenvalue weighted by Crippen LogP contribution is 2.92. The number of ketones is 2. The van der Waals surface area contributed by atoms with Crippen molar-refractivity contribution in [2.24, 2.45) is 17.6 Å². The molecule has 492 valence electrons. The number of aliphatic hydroxyl groups is 2. The van der Waals surface area contributed by atoms with Gasteiger partial charge in [-0.2, -0.15) is 0 Å². The van der Waals surface area contributed by atoms with Gasteiger partial charge in [-0.05, 0) is 113 Å².